The smallest absolute Gasteiger partial charge is 0.212 e. The van der Waals surface area contributed by atoms with Crippen molar-refractivity contribution in [3.63, 3.8) is 0 Å². The number of carbonyl (C=O) groups is 1. The molecule has 0 aliphatic rings. The molecule has 0 N–H and O–H groups in total. The summed E-state index contributed by atoms with van der Waals surface area (Å²) in [5.41, 5.74) is 9.64. The van der Waals surface area contributed by atoms with Gasteiger partial charge in [0.25, 0.3) is 0 Å². The highest BCUT2D eigenvalue weighted by Gasteiger charge is 2.21. The molecule has 7 heteroatoms. The number of benzene rings is 2. The number of unbranched alkanes of at least 4 members (excludes halogenated alkanes) is 10. The third-order valence-electron chi connectivity index (χ3n) is 11.5. The number of aromatic nitrogens is 2. The summed E-state index contributed by atoms with van der Waals surface area (Å²) in [4.78, 5) is 20.4. The van der Waals surface area contributed by atoms with E-state index < -0.39 is 0 Å². The van der Waals surface area contributed by atoms with Gasteiger partial charge >= 0.3 is 0 Å². The molecule has 0 spiro atoms. The van der Waals surface area contributed by atoms with Gasteiger partial charge in [0.05, 0.1) is 52.0 Å². The van der Waals surface area contributed by atoms with Crippen molar-refractivity contribution >= 4 is 51.1 Å². The monoisotopic (exact) mass is 864 g/mol. The maximum absolute atomic E-state index is 14.2. The Labute approximate surface area is 373 Å². The average Bonchev–Trinajstić information content (AvgIpc) is 4.13. The lowest BCUT2D eigenvalue weighted by atomic mass is 10.0. The summed E-state index contributed by atoms with van der Waals surface area (Å²) in [5, 5.41) is 4.28. The third-order valence-corrected chi connectivity index (χ3v) is 15.5. The van der Waals surface area contributed by atoms with Crippen molar-refractivity contribution in [2.45, 2.75) is 104 Å². The predicted molar refractivity (Wildman–Crippen MR) is 262 cm³/mol. The molecule has 0 bridgehead atoms. The molecule has 60 heavy (non-hydrogen) atoms. The molecule has 0 saturated heterocycles. The predicted octanol–water partition coefficient (Wildman–Crippen LogP) is 17.2. The second-order valence-corrected chi connectivity index (χ2v) is 19.9. The lowest BCUT2D eigenvalue weighted by Crippen LogP contribution is -1.99. The minimum atomic E-state index is 0.0776. The molecular weight excluding hydrogens is 809 g/mol. The van der Waals surface area contributed by atoms with Gasteiger partial charge < -0.3 is 9.13 Å². The Balaban J connectivity index is 1.02. The van der Waals surface area contributed by atoms with Gasteiger partial charge in [0.2, 0.25) is 5.78 Å². The van der Waals surface area contributed by atoms with Crippen molar-refractivity contribution in [2.75, 3.05) is 0 Å². The van der Waals surface area contributed by atoms with Crippen LogP contribution in [0.2, 0.25) is 0 Å². The van der Waals surface area contributed by atoms with E-state index in [4.69, 9.17) is 0 Å². The summed E-state index contributed by atoms with van der Waals surface area (Å²) < 4.78 is 4.73. The number of nitrogens with zero attached hydrogens (tertiary/aromatic N) is 2. The average molecular weight is 865 g/mol. The van der Waals surface area contributed by atoms with Crippen LogP contribution in [0, 0.1) is 0 Å². The fourth-order valence-electron chi connectivity index (χ4n) is 8.21. The van der Waals surface area contributed by atoms with Crippen LogP contribution in [0.3, 0.4) is 0 Å². The number of hydrogen-bond acceptors (Lipinski definition) is 5. The molecule has 0 atom stereocenters. The van der Waals surface area contributed by atoms with Gasteiger partial charge in [0, 0.05) is 11.4 Å². The number of carbonyl (C=O) groups excluding carboxylic acids is 1. The highest BCUT2D eigenvalue weighted by molar-refractivity contribution is 7.20. The highest BCUT2D eigenvalue weighted by Crippen LogP contribution is 2.40. The Morgan fingerprint density at radius 2 is 0.800 bits per heavy atom. The number of rotatable bonds is 22. The number of thiophene rings is 4. The van der Waals surface area contributed by atoms with Crippen LogP contribution in [0.1, 0.15) is 117 Å². The van der Waals surface area contributed by atoms with Crippen LogP contribution < -0.4 is 0 Å². The molecule has 0 amide bonds. The zero-order chi connectivity index (χ0) is 41.1. The van der Waals surface area contributed by atoms with Gasteiger partial charge in [0.1, 0.15) is 0 Å². The Morgan fingerprint density at radius 1 is 0.417 bits per heavy atom. The Bertz CT molecular complexity index is 2350. The molecule has 0 aliphatic heterocycles. The largest absolute Gasteiger partial charge is 0.308 e. The van der Waals surface area contributed by atoms with Crippen molar-refractivity contribution in [2.24, 2.45) is 0 Å². The molecule has 0 saturated carbocycles. The van der Waals surface area contributed by atoms with Crippen LogP contribution in [0.25, 0.3) is 53.7 Å². The van der Waals surface area contributed by atoms with Crippen LogP contribution >= 0.6 is 45.3 Å². The summed E-state index contributed by atoms with van der Waals surface area (Å²) in [6, 6.07) is 44.0. The Hall–Kier alpha value is -4.53. The second kappa shape index (κ2) is 20.8. The van der Waals surface area contributed by atoms with E-state index in [-0.39, 0.29) is 5.78 Å². The van der Waals surface area contributed by atoms with E-state index in [1.54, 1.807) is 45.3 Å². The maximum atomic E-state index is 14.2. The topological polar surface area (TPSA) is 26.9 Å². The van der Waals surface area contributed by atoms with Gasteiger partial charge in [-0.3, -0.25) is 4.79 Å². The Kier molecular flexibility index (Phi) is 14.6. The first kappa shape index (κ1) is 42.2. The fourth-order valence-corrected chi connectivity index (χ4v) is 11.7. The molecule has 308 valence electrons. The van der Waals surface area contributed by atoms with Gasteiger partial charge in [-0.15, -0.1) is 45.3 Å². The van der Waals surface area contributed by atoms with Crippen molar-refractivity contribution < 1.29 is 4.79 Å². The lowest BCUT2D eigenvalue weighted by molar-refractivity contribution is 0.104. The van der Waals surface area contributed by atoms with E-state index >= 15 is 0 Å². The van der Waals surface area contributed by atoms with Gasteiger partial charge in [-0.05, 0) is 132 Å². The van der Waals surface area contributed by atoms with Gasteiger partial charge in [0.15, 0.2) is 0 Å². The number of hydrogen-bond donors (Lipinski definition) is 0. The van der Waals surface area contributed by atoms with Gasteiger partial charge in [-0.2, -0.15) is 0 Å². The molecule has 6 aromatic heterocycles. The van der Waals surface area contributed by atoms with E-state index in [0.29, 0.717) is 0 Å². The third kappa shape index (κ3) is 9.98. The quantitative estimate of drug-likeness (QED) is 0.0492. The number of ketones is 1. The molecule has 2 aromatic carbocycles. The zero-order valence-electron chi connectivity index (χ0n) is 35.0. The molecule has 3 nitrogen and oxygen atoms in total. The second-order valence-electron chi connectivity index (χ2n) is 15.9. The van der Waals surface area contributed by atoms with Crippen molar-refractivity contribution in [3.8, 4) is 53.7 Å². The van der Waals surface area contributed by atoms with Crippen LogP contribution in [-0.2, 0) is 12.8 Å². The van der Waals surface area contributed by atoms with E-state index in [9.17, 15) is 4.79 Å². The normalized spacial score (nSPS) is 11.5. The summed E-state index contributed by atoms with van der Waals surface area (Å²) in [7, 11) is 0. The maximum Gasteiger partial charge on any atom is 0.212 e. The summed E-state index contributed by atoms with van der Waals surface area (Å²) in [5.74, 6) is 0.0776. The van der Waals surface area contributed by atoms with Crippen molar-refractivity contribution in [3.05, 3.63) is 153 Å². The first-order chi connectivity index (χ1) is 29.6. The minimum Gasteiger partial charge on any atom is -0.308 e. The van der Waals surface area contributed by atoms with Gasteiger partial charge in [-0.25, -0.2) is 0 Å². The van der Waals surface area contributed by atoms with E-state index in [0.717, 1.165) is 55.1 Å². The first-order valence-corrected chi connectivity index (χ1v) is 25.5. The molecule has 8 rings (SSSR count). The van der Waals surface area contributed by atoms with E-state index in [1.807, 2.05) is 12.1 Å². The lowest BCUT2D eigenvalue weighted by Gasteiger charge is -2.13. The number of aryl methyl sites for hydroxylation is 2. The van der Waals surface area contributed by atoms with Crippen molar-refractivity contribution in [1.29, 1.82) is 0 Å². The zero-order valence-corrected chi connectivity index (χ0v) is 38.3. The fraction of sp³-hybridized carbons (Fsp3) is 0.302. The molecule has 0 unspecified atom stereocenters. The van der Waals surface area contributed by atoms with Crippen LogP contribution in [0.5, 0.6) is 0 Å². The van der Waals surface area contributed by atoms with Crippen LogP contribution in [0.4, 0.5) is 0 Å². The van der Waals surface area contributed by atoms with Crippen molar-refractivity contribution in [1.82, 2.24) is 9.13 Å². The Morgan fingerprint density at radius 3 is 1.18 bits per heavy atom. The van der Waals surface area contributed by atoms with Gasteiger partial charge in [-0.1, -0.05) is 114 Å². The molecule has 6 heterocycles. The summed E-state index contributed by atoms with van der Waals surface area (Å²) >= 11 is 6.69. The summed E-state index contributed by atoms with van der Waals surface area (Å²) in [6.45, 7) is 4.55. The molecular formula is C53H56N2OS4. The SMILES string of the molecule is CCCCCCCCc1ccc(-n2c(-c3cccs3)ccc2-c2ccc(C(=O)c3ccc(-c4ccc(-c5cccs5)n4-c4ccc(CCCCCCCC)cc4)s3)s2)cc1. The molecule has 0 radical (unpaired) electrons. The van der Waals surface area contributed by atoms with Crippen LogP contribution in [-0.4, -0.2) is 14.9 Å². The summed E-state index contributed by atoms with van der Waals surface area (Å²) in [6.07, 6.45) is 18.0. The highest BCUT2D eigenvalue weighted by atomic mass is 32.1. The first-order valence-electron chi connectivity index (χ1n) is 22.1. The molecule has 0 fully saturated rings. The standard InChI is InChI=1S/C53H56N2OS4/c1-3-5-7-9-11-13-17-39-21-25-41(26-22-39)54-43(47-19-15-37-57-47)29-31-45(54)49-33-35-51(59-49)53(56)52-36-34-50(60-52)46-32-30-44(48-20-16-38-58-48)55(46)42-27-23-40(24-28-42)18-14-12-10-8-6-4-2/h15-16,19-38H,3-14,17-18H2,1-2H3. The van der Waals surface area contributed by atoms with E-state index in [2.05, 4.69) is 143 Å². The molecule has 8 aromatic rings. The van der Waals surface area contributed by atoms with E-state index in [1.165, 1.54) is 109 Å². The molecule has 0 aliphatic carbocycles. The minimum absolute atomic E-state index is 0.0776. The van der Waals surface area contributed by atoms with Crippen LogP contribution in [0.15, 0.2) is 132 Å².